The van der Waals surface area contributed by atoms with Crippen LogP contribution in [0.3, 0.4) is 0 Å². The van der Waals surface area contributed by atoms with Crippen molar-refractivity contribution < 1.29 is 19.1 Å². The van der Waals surface area contributed by atoms with Gasteiger partial charge in [0.15, 0.2) is 0 Å². The molecule has 0 N–H and O–H groups in total. The first-order chi connectivity index (χ1) is 9.96. The Morgan fingerprint density at radius 1 is 1.14 bits per heavy atom. The first-order valence-corrected chi connectivity index (χ1v) is 7.67. The Hall–Kier alpha value is -1.58. The second-order valence-electron chi connectivity index (χ2n) is 5.09. The molecule has 21 heavy (non-hydrogen) atoms. The maximum atomic E-state index is 11.8. The largest absolute Gasteiger partial charge is 0.463 e. The molecule has 0 rings (SSSR count). The minimum absolute atomic E-state index is 0.172. The van der Waals surface area contributed by atoms with Gasteiger partial charge in [-0.25, -0.2) is 9.59 Å². The standard InChI is InChI=1S/C17H28O4/c1-6-9-10-15(7-2)12-21-17(19)14(5)11-13(4)16(18)20-8-3/h11,15H,5-10,12H2,1-4H3/b13-11+. The Morgan fingerprint density at radius 3 is 2.33 bits per heavy atom. The molecule has 0 heterocycles. The molecular formula is C17H28O4. The summed E-state index contributed by atoms with van der Waals surface area (Å²) in [6.07, 6.45) is 5.73. The van der Waals surface area contributed by atoms with Crippen molar-refractivity contribution in [2.45, 2.75) is 53.4 Å². The molecule has 4 heteroatoms. The van der Waals surface area contributed by atoms with E-state index in [1.165, 1.54) is 6.08 Å². The van der Waals surface area contributed by atoms with E-state index in [2.05, 4.69) is 20.4 Å². The van der Waals surface area contributed by atoms with Crippen LogP contribution in [0.2, 0.25) is 0 Å². The van der Waals surface area contributed by atoms with Gasteiger partial charge in [0.25, 0.3) is 0 Å². The van der Waals surface area contributed by atoms with Crippen molar-refractivity contribution in [2.24, 2.45) is 5.92 Å². The normalized spacial score (nSPS) is 12.7. The monoisotopic (exact) mass is 296 g/mol. The molecule has 0 aliphatic carbocycles. The second kappa shape index (κ2) is 11.1. The molecule has 0 spiro atoms. The number of carbonyl (C=O) groups is 2. The quantitative estimate of drug-likeness (QED) is 0.349. The Bertz CT molecular complexity index is 382. The van der Waals surface area contributed by atoms with Gasteiger partial charge in [0.1, 0.15) is 0 Å². The minimum Gasteiger partial charge on any atom is -0.463 e. The highest BCUT2D eigenvalue weighted by Gasteiger charge is 2.13. The van der Waals surface area contributed by atoms with Crippen molar-refractivity contribution in [2.75, 3.05) is 13.2 Å². The van der Waals surface area contributed by atoms with Gasteiger partial charge in [0.05, 0.1) is 18.8 Å². The molecule has 0 aromatic rings. The van der Waals surface area contributed by atoms with Crippen LogP contribution in [0.5, 0.6) is 0 Å². The van der Waals surface area contributed by atoms with Crippen LogP contribution in [0.25, 0.3) is 0 Å². The molecule has 0 aromatic carbocycles. The maximum absolute atomic E-state index is 11.8. The van der Waals surface area contributed by atoms with Gasteiger partial charge in [-0.3, -0.25) is 0 Å². The van der Waals surface area contributed by atoms with Gasteiger partial charge in [0.2, 0.25) is 0 Å². The van der Waals surface area contributed by atoms with Gasteiger partial charge in [-0.2, -0.15) is 0 Å². The molecule has 4 nitrogen and oxygen atoms in total. The first-order valence-electron chi connectivity index (χ1n) is 7.67. The number of hydrogen-bond acceptors (Lipinski definition) is 4. The highest BCUT2D eigenvalue weighted by atomic mass is 16.5. The van der Waals surface area contributed by atoms with Crippen molar-refractivity contribution in [3.8, 4) is 0 Å². The molecule has 0 amide bonds. The summed E-state index contributed by atoms with van der Waals surface area (Å²) < 4.78 is 10.1. The summed E-state index contributed by atoms with van der Waals surface area (Å²) >= 11 is 0. The molecule has 0 radical (unpaired) electrons. The van der Waals surface area contributed by atoms with Crippen LogP contribution in [-0.2, 0) is 19.1 Å². The lowest BCUT2D eigenvalue weighted by atomic mass is 10.0. The SMILES string of the molecule is C=C(/C=C(\C)C(=O)OCC)C(=O)OCC(CC)CCCC. The van der Waals surface area contributed by atoms with Crippen LogP contribution < -0.4 is 0 Å². The fourth-order valence-electron chi connectivity index (χ4n) is 1.81. The number of carbonyl (C=O) groups excluding carboxylic acids is 2. The van der Waals surface area contributed by atoms with E-state index in [9.17, 15) is 9.59 Å². The molecule has 0 saturated heterocycles. The van der Waals surface area contributed by atoms with Crippen LogP contribution in [-0.4, -0.2) is 25.2 Å². The van der Waals surface area contributed by atoms with E-state index in [1.807, 2.05) is 0 Å². The minimum atomic E-state index is -0.478. The van der Waals surface area contributed by atoms with Gasteiger partial charge in [-0.15, -0.1) is 0 Å². The number of hydrogen-bond donors (Lipinski definition) is 0. The molecule has 0 aliphatic rings. The zero-order chi connectivity index (χ0) is 16.3. The Balaban J connectivity index is 4.35. The van der Waals surface area contributed by atoms with Crippen LogP contribution in [0, 0.1) is 5.92 Å². The van der Waals surface area contributed by atoms with E-state index in [0.29, 0.717) is 24.7 Å². The fraction of sp³-hybridized carbons (Fsp3) is 0.647. The summed E-state index contributed by atoms with van der Waals surface area (Å²) in [5, 5.41) is 0. The smallest absolute Gasteiger partial charge is 0.337 e. The van der Waals surface area contributed by atoms with Crippen molar-refractivity contribution in [1.29, 1.82) is 0 Å². The van der Waals surface area contributed by atoms with Crippen LogP contribution in [0.15, 0.2) is 23.8 Å². The topological polar surface area (TPSA) is 52.6 Å². The van der Waals surface area contributed by atoms with E-state index in [-0.39, 0.29) is 5.57 Å². The second-order valence-corrected chi connectivity index (χ2v) is 5.09. The molecular weight excluding hydrogens is 268 g/mol. The summed E-state index contributed by atoms with van der Waals surface area (Å²) in [6, 6.07) is 0. The Kier molecular flexibility index (Phi) is 10.3. The van der Waals surface area contributed by atoms with E-state index >= 15 is 0 Å². The first kappa shape index (κ1) is 19.4. The van der Waals surface area contributed by atoms with Crippen LogP contribution in [0.1, 0.15) is 53.4 Å². The third kappa shape index (κ3) is 8.33. The van der Waals surface area contributed by atoms with E-state index in [1.54, 1.807) is 13.8 Å². The average molecular weight is 296 g/mol. The van der Waals surface area contributed by atoms with E-state index in [4.69, 9.17) is 9.47 Å². The van der Waals surface area contributed by atoms with Gasteiger partial charge in [-0.05, 0) is 32.3 Å². The van der Waals surface area contributed by atoms with E-state index < -0.39 is 11.9 Å². The highest BCUT2D eigenvalue weighted by molar-refractivity contribution is 5.95. The highest BCUT2D eigenvalue weighted by Crippen LogP contribution is 2.14. The predicted octanol–water partition coefficient (Wildman–Crippen LogP) is 3.81. The number of rotatable bonds is 10. The summed E-state index contributed by atoms with van der Waals surface area (Å²) in [5.41, 5.74) is 0.516. The summed E-state index contributed by atoms with van der Waals surface area (Å²) in [5.74, 6) is -0.536. The van der Waals surface area contributed by atoms with Crippen LogP contribution in [0.4, 0.5) is 0 Å². The zero-order valence-electron chi connectivity index (χ0n) is 13.7. The zero-order valence-corrected chi connectivity index (χ0v) is 13.7. The molecule has 0 aromatic heterocycles. The number of esters is 2. The summed E-state index contributed by atoms with van der Waals surface area (Å²) in [4.78, 5) is 23.3. The number of unbranched alkanes of at least 4 members (excludes halogenated alkanes) is 1. The van der Waals surface area contributed by atoms with E-state index in [0.717, 1.165) is 25.7 Å². The van der Waals surface area contributed by atoms with Gasteiger partial charge >= 0.3 is 11.9 Å². The molecule has 0 fully saturated rings. The Morgan fingerprint density at radius 2 is 1.81 bits per heavy atom. The molecule has 1 atom stereocenters. The predicted molar refractivity (Wildman–Crippen MR) is 83.8 cm³/mol. The van der Waals surface area contributed by atoms with Crippen molar-refractivity contribution in [3.05, 3.63) is 23.8 Å². The van der Waals surface area contributed by atoms with Gasteiger partial charge in [0, 0.05) is 5.57 Å². The molecule has 0 aliphatic heterocycles. The molecule has 0 bridgehead atoms. The average Bonchev–Trinajstić information content (AvgIpc) is 2.47. The third-order valence-corrected chi connectivity index (χ3v) is 3.24. The maximum Gasteiger partial charge on any atom is 0.337 e. The lowest BCUT2D eigenvalue weighted by Gasteiger charge is -2.14. The molecule has 120 valence electrons. The number of ether oxygens (including phenoxy) is 2. The Labute approximate surface area is 128 Å². The summed E-state index contributed by atoms with van der Waals surface area (Å²) in [6.45, 7) is 11.9. The molecule has 0 saturated carbocycles. The third-order valence-electron chi connectivity index (χ3n) is 3.24. The van der Waals surface area contributed by atoms with Crippen molar-refractivity contribution in [1.82, 2.24) is 0 Å². The fourth-order valence-corrected chi connectivity index (χ4v) is 1.81. The molecule has 1 unspecified atom stereocenters. The lowest BCUT2D eigenvalue weighted by Crippen LogP contribution is -2.15. The lowest BCUT2D eigenvalue weighted by molar-refractivity contribution is -0.140. The summed E-state index contributed by atoms with van der Waals surface area (Å²) in [7, 11) is 0. The van der Waals surface area contributed by atoms with Gasteiger partial charge in [-0.1, -0.05) is 39.7 Å². The van der Waals surface area contributed by atoms with Crippen LogP contribution >= 0.6 is 0 Å². The van der Waals surface area contributed by atoms with Crippen molar-refractivity contribution >= 4 is 11.9 Å². The van der Waals surface area contributed by atoms with Gasteiger partial charge < -0.3 is 9.47 Å². The van der Waals surface area contributed by atoms with Crippen molar-refractivity contribution in [3.63, 3.8) is 0 Å².